The molecule has 7 heteroatoms. The number of carbonyl (C=O) groups excluding carboxylic acids is 1. The van der Waals surface area contributed by atoms with Crippen LogP contribution in [-0.2, 0) is 20.7 Å². The second-order valence-corrected chi connectivity index (χ2v) is 8.19. The van der Waals surface area contributed by atoms with E-state index >= 15 is 0 Å². The summed E-state index contributed by atoms with van der Waals surface area (Å²) in [7, 11) is 5.97. The molecule has 2 aliphatic rings. The monoisotopic (exact) mass is 400 g/mol. The van der Waals surface area contributed by atoms with E-state index in [4.69, 9.17) is 32.7 Å². The van der Waals surface area contributed by atoms with Crippen molar-refractivity contribution in [1.29, 1.82) is 0 Å². The fraction of sp³-hybridized carbons (Fsp3) is 0.632. The number of halogens is 2. The molecule has 144 valence electrons. The second kappa shape index (κ2) is 8.03. The molecule has 0 unspecified atom stereocenters. The van der Waals surface area contributed by atoms with Gasteiger partial charge in [0.2, 0.25) is 5.91 Å². The Kier molecular flexibility index (Phi) is 6.14. The van der Waals surface area contributed by atoms with E-state index in [1.807, 2.05) is 32.1 Å². The van der Waals surface area contributed by atoms with Crippen LogP contribution in [0.25, 0.3) is 0 Å². The van der Waals surface area contributed by atoms with Crippen molar-refractivity contribution in [2.24, 2.45) is 0 Å². The van der Waals surface area contributed by atoms with Gasteiger partial charge in [-0.3, -0.25) is 4.79 Å². The topological polar surface area (TPSA) is 42.0 Å². The first kappa shape index (κ1) is 19.9. The highest BCUT2D eigenvalue weighted by Gasteiger charge is 2.47. The molecule has 1 aliphatic heterocycles. The van der Waals surface area contributed by atoms with Crippen molar-refractivity contribution in [3.8, 4) is 0 Å². The number of carbonyl (C=O) groups is 1. The highest BCUT2D eigenvalue weighted by molar-refractivity contribution is 6.42. The maximum atomic E-state index is 12.9. The first-order valence-corrected chi connectivity index (χ1v) is 9.71. The van der Waals surface area contributed by atoms with Crippen LogP contribution in [0.5, 0.6) is 0 Å². The van der Waals surface area contributed by atoms with Crippen LogP contribution in [-0.4, -0.2) is 67.9 Å². The van der Waals surface area contributed by atoms with Crippen LogP contribution < -0.4 is 0 Å². The molecular weight excluding hydrogens is 375 g/mol. The quantitative estimate of drug-likeness (QED) is 0.777. The molecule has 2 atom stereocenters. The number of hydrogen-bond donors (Lipinski definition) is 0. The van der Waals surface area contributed by atoms with Gasteiger partial charge in [0.1, 0.15) is 0 Å². The smallest absolute Gasteiger partial charge is 0.227 e. The number of nitrogens with zero attached hydrogens (tertiary/aromatic N) is 2. The zero-order valence-corrected chi connectivity index (χ0v) is 17.0. The summed E-state index contributed by atoms with van der Waals surface area (Å²) >= 11 is 12.0. The lowest BCUT2D eigenvalue weighted by Gasteiger charge is -2.46. The van der Waals surface area contributed by atoms with E-state index in [-0.39, 0.29) is 18.0 Å². The van der Waals surface area contributed by atoms with Crippen LogP contribution >= 0.6 is 23.2 Å². The molecule has 0 bridgehead atoms. The molecule has 26 heavy (non-hydrogen) atoms. The maximum absolute atomic E-state index is 12.9. The molecule has 1 saturated heterocycles. The fourth-order valence-electron chi connectivity index (χ4n) is 3.99. The third kappa shape index (κ3) is 4.18. The van der Waals surface area contributed by atoms with Crippen molar-refractivity contribution < 1.29 is 14.3 Å². The summed E-state index contributed by atoms with van der Waals surface area (Å²) in [5.74, 6) is -0.400. The van der Waals surface area contributed by atoms with Crippen molar-refractivity contribution in [1.82, 2.24) is 9.80 Å². The predicted molar refractivity (Wildman–Crippen MR) is 103 cm³/mol. The zero-order valence-electron chi connectivity index (χ0n) is 15.5. The van der Waals surface area contributed by atoms with Gasteiger partial charge in [0.25, 0.3) is 0 Å². The van der Waals surface area contributed by atoms with Crippen molar-refractivity contribution in [2.75, 3.05) is 34.4 Å². The Morgan fingerprint density at radius 3 is 2.46 bits per heavy atom. The van der Waals surface area contributed by atoms with Gasteiger partial charge in [0.05, 0.1) is 29.7 Å². The van der Waals surface area contributed by atoms with Crippen molar-refractivity contribution in [3.05, 3.63) is 33.8 Å². The standard InChI is InChI=1S/C19H26Cl2N2O3/c1-22(2)17-12-19(25-8-9-26-19)7-6-16(17)23(3)18(24)11-13-4-5-14(20)15(21)10-13/h4-5,10,16-17H,6-9,11-12H2,1-3H3/t16-,17-/m1/s1. The number of rotatable bonds is 4. The van der Waals surface area contributed by atoms with Crippen LogP contribution in [0.1, 0.15) is 24.8 Å². The van der Waals surface area contributed by atoms with Crippen LogP contribution in [0.3, 0.4) is 0 Å². The molecule has 3 rings (SSSR count). The molecule has 0 N–H and O–H groups in total. The van der Waals surface area contributed by atoms with E-state index in [0.29, 0.717) is 29.7 Å². The van der Waals surface area contributed by atoms with Crippen LogP contribution in [0.4, 0.5) is 0 Å². The Bertz CT molecular complexity index is 662. The van der Waals surface area contributed by atoms with E-state index in [9.17, 15) is 4.79 Å². The average Bonchev–Trinajstić information content (AvgIpc) is 3.05. The van der Waals surface area contributed by atoms with Gasteiger partial charge in [-0.15, -0.1) is 0 Å². The Morgan fingerprint density at radius 2 is 1.85 bits per heavy atom. The number of hydrogen-bond acceptors (Lipinski definition) is 4. The molecule has 1 aromatic rings. The summed E-state index contributed by atoms with van der Waals surface area (Å²) in [6.45, 7) is 1.30. The van der Waals surface area contributed by atoms with E-state index in [0.717, 1.165) is 24.8 Å². The van der Waals surface area contributed by atoms with Gasteiger partial charge >= 0.3 is 0 Å². The normalized spacial score (nSPS) is 25.0. The van der Waals surface area contributed by atoms with Crippen molar-refractivity contribution in [2.45, 2.75) is 43.6 Å². The minimum absolute atomic E-state index is 0.0736. The Hall–Kier alpha value is -0.850. The maximum Gasteiger partial charge on any atom is 0.227 e. The Balaban J connectivity index is 1.69. The van der Waals surface area contributed by atoms with E-state index in [1.54, 1.807) is 12.1 Å². The summed E-state index contributed by atoms with van der Waals surface area (Å²) in [6, 6.07) is 5.64. The Labute approximate surface area is 165 Å². The van der Waals surface area contributed by atoms with Gasteiger partial charge in [0, 0.05) is 32.0 Å². The van der Waals surface area contributed by atoms with Crippen LogP contribution in [0.15, 0.2) is 18.2 Å². The molecule has 5 nitrogen and oxygen atoms in total. The second-order valence-electron chi connectivity index (χ2n) is 7.38. The molecule has 0 aromatic heterocycles. The number of likely N-dealkylation sites (N-methyl/N-ethyl adjacent to an activating group) is 2. The van der Waals surface area contributed by atoms with E-state index in [1.165, 1.54) is 0 Å². The minimum atomic E-state index is -0.473. The molecule has 1 heterocycles. The molecule has 1 spiro atoms. The highest BCUT2D eigenvalue weighted by Crippen LogP contribution is 2.39. The molecule has 1 amide bonds. The molecule has 0 radical (unpaired) electrons. The van der Waals surface area contributed by atoms with Gasteiger partial charge in [0.15, 0.2) is 5.79 Å². The number of benzene rings is 1. The minimum Gasteiger partial charge on any atom is -0.347 e. The van der Waals surface area contributed by atoms with Gasteiger partial charge < -0.3 is 19.3 Å². The summed E-state index contributed by atoms with van der Waals surface area (Å²) in [4.78, 5) is 16.9. The summed E-state index contributed by atoms with van der Waals surface area (Å²) < 4.78 is 11.8. The highest BCUT2D eigenvalue weighted by atomic mass is 35.5. The molecule has 1 saturated carbocycles. The van der Waals surface area contributed by atoms with Gasteiger partial charge in [-0.1, -0.05) is 29.3 Å². The lowest BCUT2D eigenvalue weighted by Crippen LogP contribution is -2.57. The van der Waals surface area contributed by atoms with Crippen LogP contribution in [0.2, 0.25) is 10.0 Å². The van der Waals surface area contributed by atoms with Gasteiger partial charge in [-0.05, 0) is 38.2 Å². The average molecular weight is 401 g/mol. The summed E-state index contributed by atoms with van der Waals surface area (Å²) in [5, 5.41) is 0.971. The van der Waals surface area contributed by atoms with E-state index in [2.05, 4.69) is 4.90 Å². The van der Waals surface area contributed by atoms with Gasteiger partial charge in [-0.25, -0.2) is 0 Å². The number of amides is 1. The predicted octanol–water partition coefficient (Wildman–Crippen LogP) is 3.22. The molecular formula is C19H26Cl2N2O3. The molecule has 1 aromatic carbocycles. The third-order valence-corrected chi connectivity index (χ3v) is 6.23. The van der Waals surface area contributed by atoms with Crippen LogP contribution in [0, 0.1) is 0 Å². The largest absolute Gasteiger partial charge is 0.347 e. The van der Waals surface area contributed by atoms with Crippen molar-refractivity contribution >= 4 is 29.1 Å². The SMILES string of the molecule is CN(C)[C@@H]1CC2(CC[C@H]1N(C)C(=O)Cc1ccc(Cl)c(Cl)c1)OCCO2. The lowest BCUT2D eigenvalue weighted by molar-refractivity contribution is -0.197. The fourth-order valence-corrected chi connectivity index (χ4v) is 4.31. The Morgan fingerprint density at radius 1 is 1.15 bits per heavy atom. The van der Waals surface area contributed by atoms with Crippen molar-refractivity contribution in [3.63, 3.8) is 0 Å². The molecule has 1 aliphatic carbocycles. The van der Waals surface area contributed by atoms with Gasteiger partial charge in [-0.2, -0.15) is 0 Å². The first-order valence-electron chi connectivity index (χ1n) is 8.95. The zero-order chi connectivity index (χ0) is 18.9. The summed E-state index contributed by atoms with van der Waals surface area (Å²) in [5.41, 5.74) is 0.868. The number of ether oxygens (including phenoxy) is 2. The third-order valence-electron chi connectivity index (χ3n) is 5.49. The van der Waals surface area contributed by atoms with E-state index < -0.39 is 5.79 Å². The first-order chi connectivity index (χ1) is 12.3. The molecule has 2 fully saturated rings. The lowest BCUT2D eigenvalue weighted by atomic mass is 9.84. The summed E-state index contributed by atoms with van der Waals surface area (Å²) in [6.07, 6.45) is 2.75.